The first kappa shape index (κ1) is 7.91. The average molecular weight is 173 g/mol. The van der Waals surface area contributed by atoms with Crippen molar-refractivity contribution in [2.75, 3.05) is 0 Å². The molecule has 2 aliphatic rings. The second-order valence-corrected chi connectivity index (χ2v) is 4.83. The summed E-state index contributed by atoms with van der Waals surface area (Å²) in [5.41, 5.74) is 0. The zero-order valence-corrected chi connectivity index (χ0v) is 7.82. The van der Waals surface area contributed by atoms with Crippen molar-refractivity contribution in [1.82, 2.24) is 0 Å². The van der Waals surface area contributed by atoms with E-state index in [0.717, 1.165) is 11.8 Å². The summed E-state index contributed by atoms with van der Waals surface area (Å²) >= 11 is 6.19. The zero-order valence-electron chi connectivity index (χ0n) is 7.06. The maximum absolute atomic E-state index is 6.19. The summed E-state index contributed by atoms with van der Waals surface area (Å²) in [4.78, 5) is 0. The molecule has 2 unspecified atom stereocenters. The fraction of sp³-hybridized carbons (Fsp3) is 1.00. The Balaban J connectivity index is 1.86. The molecule has 0 N–H and O–H groups in total. The number of halogens is 1. The molecule has 0 aromatic rings. The maximum atomic E-state index is 6.19. The monoisotopic (exact) mass is 172 g/mol. The van der Waals surface area contributed by atoms with Crippen LogP contribution in [0, 0.1) is 11.8 Å². The third kappa shape index (κ3) is 2.11. The maximum Gasteiger partial charge on any atom is 0.0338 e. The minimum absolute atomic E-state index is 0.503. The molecule has 0 heterocycles. The van der Waals surface area contributed by atoms with E-state index in [9.17, 15) is 0 Å². The topological polar surface area (TPSA) is 0 Å². The van der Waals surface area contributed by atoms with E-state index in [0.29, 0.717) is 5.38 Å². The third-order valence-electron chi connectivity index (χ3n) is 3.19. The molecule has 0 aromatic carbocycles. The van der Waals surface area contributed by atoms with E-state index in [4.69, 9.17) is 11.6 Å². The van der Waals surface area contributed by atoms with Gasteiger partial charge in [-0.3, -0.25) is 0 Å². The van der Waals surface area contributed by atoms with E-state index >= 15 is 0 Å². The Bertz CT molecular complexity index is 129. The number of rotatable bonds is 1. The Morgan fingerprint density at radius 2 is 1.55 bits per heavy atom. The number of hydrogen-bond acceptors (Lipinski definition) is 0. The van der Waals surface area contributed by atoms with Gasteiger partial charge in [0.1, 0.15) is 0 Å². The number of hydrogen-bond donors (Lipinski definition) is 0. The van der Waals surface area contributed by atoms with Crippen LogP contribution in [0.2, 0.25) is 0 Å². The molecule has 1 heteroatoms. The van der Waals surface area contributed by atoms with Crippen LogP contribution >= 0.6 is 11.6 Å². The quantitative estimate of drug-likeness (QED) is 0.419. The Kier molecular flexibility index (Phi) is 2.41. The molecule has 11 heavy (non-hydrogen) atoms. The molecule has 0 nitrogen and oxygen atoms in total. The van der Waals surface area contributed by atoms with Crippen LogP contribution in [0.15, 0.2) is 0 Å². The third-order valence-corrected chi connectivity index (χ3v) is 3.59. The van der Waals surface area contributed by atoms with Gasteiger partial charge in [-0.2, -0.15) is 0 Å². The molecule has 0 aliphatic heterocycles. The van der Waals surface area contributed by atoms with Crippen LogP contribution in [0.1, 0.15) is 44.9 Å². The van der Waals surface area contributed by atoms with Crippen molar-refractivity contribution in [2.24, 2.45) is 11.8 Å². The molecule has 2 aliphatic carbocycles. The van der Waals surface area contributed by atoms with Gasteiger partial charge in [-0.25, -0.2) is 0 Å². The lowest BCUT2D eigenvalue weighted by Gasteiger charge is -2.14. The van der Waals surface area contributed by atoms with Crippen LogP contribution in [0.4, 0.5) is 0 Å². The minimum Gasteiger partial charge on any atom is -0.123 e. The zero-order chi connectivity index (χ0) is 7.68. The SMILES string of the molecule is ClC1CCCCC(C2CC2)C1. The Morgan fingerprint density at radius 3 is 2.27 bits per heavy atom. The molecule has 0 aromatic heterocycles. The molecular formula is C10H17Cl. The van der Waals surface area contributed by atoms with Crippen molar-refractivity contribution in [1.29, 1.82) is 0 Å². The lowest BCUT2D eigenvalue weighted by atomic mass is 9.95. The van der Waals surface area contributed by atoms with Crippen molar-refractivity contribution in [3.8, 4) is 0 Å². The summed E-state index contributed by atoms with van der Waals surface area (Å²) < 4.78 is 0. The Labute approximate surface area is 74.3 Å². The fourth-order valence-corrected chi connectivity index (χ4v) is 2.72. The molecule has 2 atom stereocenters. The van der Waals surface area contributed by atoms with Crippen LogP contribution in [0.5, 0.6) is 0 Å². The van der Waals surface area contributed by atoms with E-state index in [1.807, 2.05) is 0 Å². The molecule has 64 valence electrons. The van der Waals surface area contributed by atoms with Crippen LogP contribution in [0.3, 0.4) is 0 Å². The minimum atomic E-state index is 0.503. The number of alkyl halides is 1. The van der Waals surface area contributed by atoms with Gasteiger partial charge >= 0.3 is 0 Å². The Hall–Kier alpha value is 0.290. The predicted molar refractivity (Wildman–Crippen MR) is 48.9 cm³/mol. The first-order valence-electron chi connectivity index (χ1n) is 5.00. The first-order chi connectivity index (χ1) is 5.36. The smallest absolute Gasteiger partial charge is 0.0338 e. The standard InChI is InChI=1S/C10H17Cl/c11-10-4-2-1-3-9(7-10)8-5-6-8/h8-10H,1-7H2. The van der Waals surface area contributed by atoms with Crippen molar-refractivity contribution < 1.29 is 0 Å². The average Bonchev–Trinajstić information content (AvgIpc) is 2.71. The van der Waals surface area contributed by atoms with Crippen molar-refractivity contribution in [3.63, 3.8) is 0 Å². The van der Waals surface area contributed by atoms with Crippen LogP contribution in [-0.2, 0) is 0 Å². The summed E-state index contributed by atoms with van der Waals surface area (Å²) in [6.07, 6.45) is 9.84. The summed E-state index contributed by atoms with van der Waals surface area (Å²) in [7, 11) is 0. The molecule has 0 amide bonds. The molecule has 2 saturated carbocycles. The highest BCUT2D eigenvalue weighted by Crippen LogP contribution is 2.43. The van der Waals surface area contributed by atoms with Gasteiger partial charge in [0.05, 0.1) is 0 Å². The second-order valence-electron chi connectivity index (χ2n) is 4.21. The van der Waals surface area contributed by atoms with Crippen molar-refractivity contribution in [3.05, 3.63) is 0 Å². The van der Waals surface area contributed by atoms with Crippen molar-refractivity contribution in [2.45, 2.75) is 50.3 Å². The van der Waals surface area contributed by atoms with Gasteiger partial charge in [0.25, 0.3) is 0 Å². The van der Waals surface area contributed by atoms with Gasteiger partial charge in [0.2, 0.25) is 0 Å². The van der Waals surface area contributed by atoms with Crippen LogP contribution < -0.4 is 0 Å². The van der Waals surface area contributed by atoms with Gasteiger partial charge in [-0.1, -0.05) is 19.3 Å². The molecule has 0 bridgehead atoms. The van der Waals surface area contributed by atoms with E-state index in [-0.39, 0.29) is 0 Å². The summed E-state index contributed by atoms with van der Waals surface area (Å²) in [5, 5.41) is 0.503. The molecule has 0 radical (unpaired) electrons. The van der Waals surface area contributed by atoms with Crippen LogP contribution in [-0.4, -0.2) is 5.38 Å². The summed E-state index contributed by atoms with van der Waals surface area (Å²) in [6.45, 7) is 0. The normalized spacial score (nSPS) is 40.1. The van der Waals surface area contributed by atoms with Crippen molar-refractivity contribution >= 4 is 11.6 Å². The lowest BCUT2D eigenvalue weighted by Crippen LogP contribution is -2.07. The van der Waals surface area contributed by atoms with Crippen LogP contribution in [0.25, 0.3) is 0 Å². The molecule has 0 spiro atoms. The molecule has 2 rings (SSSR count). The Morgan fingerprint density at radius 1 is 0.818 bits per heavy atom. The van der Waals surface area contributed by atoms with Gasteiger partial charge in [-0.15, -0.1) is 11.6 Å². The van der Waals surface area contributed by atoms with Gasteiger partial charge in [0.15, 0.2) is 0 Å². The molecule has 0 saturated heterocycles. The largest absolute Gasteiger partial charge is 0.123 e. The highest BCUT2D eigenvalue weighted by molar-refractivity contribution is 6.20. The lowest BCUT2D eigenvalue weighted by molar-refractivity contribution is 0.409. The fourth-order valence-electron chi connectivity index (χ4n) is 2.33. The summed E-state index contributed by atoms with van der Waals surface area (Å²) in [6, 6.07) is 0. The molecule has 2 fully saturated rings. The van der Waals surface area contributed by atoms with Gasteiger partial charge in [0, 0.05) is 5.38 Å². The van der Waals surface area contributed by atoms with E-state index in [2.05, 4.69) is 0 Å². The second kappa shape index (κ2) is 3.35. The highest BCUT2D eigenvalue weighted by Gasteiger charge is 2.32. The first-order valence-corrected chi connectivity index (χ1v) is 5.44. The van der Waals surface area contributed by atoms with E-state index < -0.39 is 0 Å². The van der Waals surface area contributed by atoms with Gasteiger partial charge < -0.3 is 0 Å². The van der Waals surface area contributed by atoms with E-state index in [1.54, 1.807) is 0 Å². The molecular weight excluding hydrogens is 156 g/mol. The predicted octanol–water partition coefficient (Wildman–Crippen LogP) is 3.58. The van der Waals surface area contributed by atoms with E-state index in [1.165, 1.54) is 44.9 Å². The summed E-state index contributed by atoms with van der Waals surface area (Å²) in [5.74, 6) is 2.08. The van der Waals surface area contributed by atoms with Gasteiger partial charge in [-0.05, 0) is 37.5 Å². The highest BCUT2D eigenvalue weighted by atomic mass is 35.5.